The zero-order chi connectivity index (χ0) is 13.9. The van der Waals surface area contributed by atoms with Crippen molar-refractivity contribution in [3.63, 3.8) is 0 Å². The molecular formula is C16H26N2O2. The van der Waals surface area contributed by atoms with E-state index in [2.05, 4.69) is 10.2 Å². The van der Waals surface area contributed by atoms with Gasteiger partial charge in [0.25, 0.3) is 0 Å². The van der Waals surface area contributed by atoms with Crippen molar-refractivity contribution in [2.75, 3.05) is 6.54 Å². The number of likely N-dealkylation sites (tertiary alicyclic amines) is 1. The van der Waals surface area contributed by atoms with Gasteiger partial charge in [-0.05, 0) is 31.6 Å². The summed E-state index contributed by atoms with van der Waals surface area (Å²) in [6.07, 6.45) is 11.5. The number of nitrogens with zero attached hydrogens (tertiary/aromatic N) is 1. The number of carbonyl (C=O) groups is 2. The highest BCUT2D eigenvalue weighted by Crippen LogP contribution is 2.32. The van der Waals surface area contributed by atoms with Gasteiger partial charge in [-0.1, -0.05) is 32.1 Å². The third kappa shape index (κ3) is 2.99. The summed E-state index contributed by atoms with van der Waals surface area (Å²) in [5, 5.41) is 2.82. The van der Waals surface area contributed by atoms with Crippen molar-refractivity contribution in [1.82, 2.24) is 10.2 Å². The highest BCUT2D eigenvalue weighted by molar-refractivity contribution is 5.91. The number of carbonyl (C=O) groups excluding carboxylic acids is 2. The zero-order valence-corrected chi connectivity index (χ0v) is 12.3. The van der Waals surface area contributed by atoms with E-state index in [-0.39, 0.29) is 17.9 Å². The molecule has 2 atom stereocenters. The molecule has 3 rings (SSSR count). The number of hydrogen-bond donors (Lipinski definition) is 1. The predicted octanol–water partition coefficient (Wildman–Crippen LogP) is 2.23. The number of rotatable bonds is 3. The Labute approximate surface area is 121 Å². The van der Waals surface area contributed by atoms with Gasteiger partial charge in [0.1, 0.15) is 6.04 Å². The molecular weight excluding hydrogens is 252 g/mol. The molecule has 2 aliphatic heterocycles. The lowest BCUT2D eigenvalue weighted by atomic mass is 9.84. The van der Waals surface area contributed by atoms with Crippen LogP contribution in [0, 0.1) is 5.92 Å². The number of nitrogens with one attached hydrogen (secondary N) is 1. The lowest BCUT2D eigenvalue weighted by molar-refractivity contribution is -0.135. The van der Waals surface area contributed by atoms with Crippen LogP contribution < -0.4 is 5.32 Å². The summed E-state index contributed by atoms with van der Waals surface area (Å²) < 4.78 is 0. The first-order valence-corrected chi connectivity index (χ1v) is 8.34. The number of hydrogen-bond acceptors (Lipinski definition) is 2. The Morgan fingerprint density at radius 2 is 1.90 bits per heavy atom. The van der Waals surface area contributed by atoms with Gasteiger partial charge in [0.05, 0.1) is 0 Å². The second-order valence-electron chi connectivity index (χ2n) is 6.73. The zero-order valence-electron chi connectivity index (χ0n) is 12.3. The van der Waals surface area contributed by atoms with Crippen LogP contribution in [0.2, 0.25) is 0 Å². The average Bonchev–Trinajstić information content (AvgIpc) is 3.08. The molecule has 2 amide bonds. The highest BCUT2D eigenvalue weighted by atomic mass is 16.2. The molecule has 2 heterocycles. The van der Waals surface area contributed by atoms with E-state index in [9.17, 15) is 9.59 Å². The number of amides is 2. The van der Waals surface area contributed by atoms with Crippen molar-refractivity contribution in [3.8, 4) is 0 Å². The van der Waals surface area contributed by atoms with Crippen molar-refractivity contribution in [3.05, 3.63) is 0 Å². The second-order valence-corrected chi connectivity index (χ2v) is 6.73. The maximum atomic E-state index is 12.6. The molecule has 0 radical (unpaired) electrons. The van der Waals surface area contributed by atoms with E-state index >= 15 is 0 Å². The van der Waals surface area contributed by atoms with Crippen LogP contribution in [-0.2, 0) is 9.59 Å². The van der Waals surface area contributed by atoms with Crippen molar-refractivity contribution in [2.45, 2.75) is 76.3 Å². The van der Waals surface area contributed by atoms with Crippen LogP contribution in [-0.4, -0.2) is 35.3 Å². The van der Waals surface area contributed by atoms with Crippen LogP contribution in [0.25, 0.3) is 0 Å². The highest BCUT2D eigenvalue weighted by Gasteiger charge is 2.37. The molecule has 0 aromatic heterocycles. The smallest absolute Gasteiger partial charge is 0.245 e. The van der Waals surface area contributed by atoms with E-state index in [1.54, 1.807) is 0 Å². The summed E-state index contributed by atoms with van der Waals surface area (Å²) in [6.45, 7) is 0.891. The summed E-state index contributed by atoms with van der Waals surface area (Å²) in [6, 6.07) is 0.192. The van der Waals surface area contributed by atoms with E-state index in [1.165, 1.54) is 38.5 Å². The van der Waals surface area contributed by atoms with Crippen LogP contribution in [0.3, 0.4) is 0 Å². The molecule has 0 bridgehead atoms. The standard InChI is InChI=1S/C16H26N2O2/c19-15-9-8-14(17-15)16(20)18-10-4-7-13(18)11-12-5-2-1-3-6-12/h12-14H,1-11H2,(H,17,19)/t13-,14+/m1/s1. The van der Waals surface area contributed by atoms with Gasteiger partial charge in [-0.25, -0.2) is 0 Å². The molecule has 0 spiro atoms. The molecule has 4 nitrogen and oxygen atoms in total. The Balaban J connectivity index is 1.57. The minimum absolute atomic E-state index is 0.0337. The SMILES string of the molecule is O=C1CC[C@@H](C(=O)N2CCC[C@@H]2CC2CCCCC2)N1. The van der Waals surface area contributed by atoms with Crippen molar-refractivity contribution in [1.29, 1.82) is 0 Å². The molecule has 0 unspecified atom stereocenters. The summed E-state index contributed by atoms with van der Waals surface area (Å²) in [4.78, 5) is 25.9. The first kappa shape index (κ1) is 13.9. The molecule has 0 aromatic carbocycles. The van der Waals surface area contributed by atoms with Crippen molar-refractivity contribution < 1.29 is 9.59 Å². The lowest BCUT2D eigenvalue weighted by Crippen LogP contribution is -2.47. The Kier molecular flexibility index (Phi) is 4.27. The van der Waals surface area contributed by atoms with Gasteiger partial charge in [0.2, 0.25) is 11.8 Å². The summed E-state index contributed by atoms with van der Waals surface area (Å²) in [7, 11) is 0. The average molecular weight is 278 g/mol. The Morgan fingerprint density at radius 1 is 1.10 bits per heavy atom. The fourth-order valence-corrected chi connectivity index (χ4v) is 4.18. The Morgan fingerprint density at radius 3 is 2.60 bits per heavy atom. The van der Waals surface area contributed by atoms with E-state index in [0.29, 0.717) is 18.9 Å². The Bertz CT molecular complexity index is 377. The maximum Gasteiger partial charge on any atom is 0.245 e. The first-order chi connectivity index (χ1) is 9.74. The maximum absolute atomic E-state index is 12.6. The fourth-order valence-electron chi connectivity index (χ4n) is 4.18. The van der Waals surface area contributed by atoms with Crippen LogP contribution in [0.4, 0.5) is 0 Å². The molecule has 1 saturated carbocycles. The predicted molar refractivity (Wildman–Crippen MR) is 77.1 cm³/mol. The van der Waals surface area contributed by atoms with Crippen LogP contribution in [0.1, 0.15) is 64.2 Å². The van der Waals surface area contributed by atoms with Gasteiger partial charge in [0.15, 0.2) is 0 Å². The van der Waals surface area contributed by atoms with E-state index in [1.807, 2.05) is 0 Å². The first-order valence-electron chi connectivity index (χ1n) is 8.34. The van der Waals surface area contributed by atoms with Crippen molar-refractivity contribution in [2.24, 2.45) is 5.92 Å². The lowest BCUT2D eigenvalue weighted by Gasteiger charge is -2.31. The van der Waals surface area contributed by atoms with Gasteiger partial charge >= 0.3 is 0 Å². The minimum Gasteiger partial charge on any atom is -0.344 e. The summed E-state index contributed by atoms with van der Waals surface area (Å²) in [5.41, 5.74) is 0. The summed E-state index contributed by atoms with van der Waals surface area (Å²) >= 11 is 0. The van der Waals surface area contributed by atoms with Gasteiger partial charge in [-0.2, -0.15) is 0 Å². The molecule has 4 heteroatoms. The molecule has 2 saturated heterocycles. The molecule has 3 fully saturated rings. The molecule has 20 heavy (non-hydrogen) atoms. The quantitative estimate of drug-likeness (QED) is 0.860. The molecule has 1 aliphatic carbocycles. The second kappa shape index (κ2) is 6.15. The molecule has 1 N–H and O–H groups in total. The van der Waals surface area contributed by atoms with E-state index < -0.39 is 0 Å². The van der Waals surface area contributed by atoms with Gasteiger partial charge < -0.3 is 10.2 Å². The van der Waals surface area contributed by atoms with Gasteiger partial charge in [-0.15, -0.1) is 0 Å². The third-order valence-corrected chi connectivity index (χ3v) is 5.28. The monoisotopic (exact) mass is 278 g/mol. The minimum atomic E-state index is -0.241. The van der Waals surface area contributed by atoms with Gasteiger partial charge in [0, 0.05) is 19.0 Å². The van der Waals surface area contributed by atoms with Gasteiger partial charge in [-0.3, -0.25) is 9.59 Å². The largest absolute Gasteiger partial charge is 0.344 e. The topological polar surface area (TPSA) is 49.4 Å². The van der Waals surface area contributed by atoms with Crippen LogP contribution >= 0.6 is 0 Å². The molecule has 0 aromatic rings. The molecule has 3 aliphatic rings. The van der Waals surface area contributed by atoms with Crippen LogP contribution in [0.15, 0.2) is 0 Å². The molecule has 112 valence electrons. The van der Waals surface area contributed by atoms with E-state index in [4.69, 9.17) is 0 Å². The fraction of sp³-hybridized carbons (Fsp3) is 0.875. The van der Waals surface area contributed by atoms with E-state index in [0.717, 1.165) is 25.3 Å². The Hall–Kier alpha value is -1.06. The normalized spacial score (nSPS) is 31.6. The van der Waals surface area contributed by atoms with Crippen molar-refractivity contribution >= 4 is 11.8 Å². The van der Waals surface area contributed by atoms with Crippen LogP contribution in [0.5, 0.6) is 0 Å². The third-order valence-electron chi connectivity index (χ3n) is 5.28. The summed E-state index contributed by atoms with van der Waals surface area (Å²) in [5.74, 6) is 1.03.